The Bertz CT molecular complexity index is 203. The van der Waals surface area contributed by atoms with Gasteiger partial charge >= 0.3 is 0 Å². The Morgan fingerprint density at radius 2 is 1.85 bits per heavy atom. The molecule has 3 atom stereocenters. The number of aliphatic hydroxyl groups excluding tert-OH is 1. The summed E-state index contributed by atoms with van der Waals surface area (Å²) in [6, 6.07) is -1.82. The Balaban J connectivity index is 4.27. The van der Waals surface area contributed by atoms with E-state index >= 15 is 0 Å². The van der Waals surface area contributed by atoms with E-state index < -0.39 is 30.0 Å². The fourth-order valence-electron chi connectivity index (χ4n) is 0.714. The molecule has 0 aliphatic heterocycles. The summed E-state index contributed by atoms with van der Waals surface area (Å²) in [4.78, 5) is 21.7. The summed E-state index contributed by atoms with van der Waals surface area (Å²) in [6.07, 6.45) is -1.03. The van der Waals surface area contributed by atoms with Crippen molar-refractivity contribution in [2.24, 2.45) is 11.5 Å². The van der Waals surface area contributed by atoms with Gasteiger partial charge in [-0.1, -0.05) is 0 Å². The molecule has 0 aromatic carbocycles. The highest BCUT2D eigenvalue weighted by Crippen LogP contribution is 1.92. The summed E-state index contributed by atoms with van der Waals surface area (Å²) < 4.78 is 0. The zero-order valence-corrected chi connectivity index (χ0v) is 7.65. The largest absolute Gasteiger partial charge is 0.391 e. The molecule has 6 N–H and O–H groups in total. The molecule has 0 fully saturated rings. The van der Waals surface area contributed by atoms with Gasteiger partial charge in [-0.2, -0.15) is 0 Å². The Hall–Kier alpha value is -1.14. The van der Waals surface area contributed by atoms with Gasteiger partial charge in [0.05, 0.1) is 12.1 Å². The third-order valence-electron chi connectivity index (χ3n) is 1.50. The second kappa shape index (κ2) is 4.78. The smallest absolute Gasteiger partial charge is 0.242 e. The maximum absolute atomic E-state index is 11.0. The van der Waals surface area contributed by atoms with Crippen molar-refractivity contribution in [3.63, 3.8) is 0 Å². The van der Waals surface area contributed by atoms with E-state index in [1.807, 2.05) is 0 Å². The third kappa shape index (κ3) is 3.86. The average Bonchev–Trinajstić information content (AvgIpc) is 1.97. The highest BCUT2D eigenvalue weighted by atomic mass is 16.3. The zero-order valence-electron chi connectivity index (χ0n) is 7.65. The number of amides is 2. The fourth-order valence-corrected chi connectivity index (χ4v) is 0.714. The molecule has 0 spiro atoms. The summed E-state index contributed by atoms with van der Waals surface area (Å²) in [6.45, 7) is 2.83. The van der Waals surface area contributed by atoms with Gasteiger partial charge in [-0.25, -0.2) is 0 Å². The minimum Gasteiger partial charge on any atom is -0.391 e. The summed E-state index contributed by atoms with van der Waals surface area (Å²) in [7, 11) is 0. The van der Waals surface area contributed by atoms with Crippen LogP contribution < -0.4 is 16.8 Å². The Morgan fingerprint density at radius 1 is 1.38 bits per heavy atom. The van der Waals surface area contributed by atoms with Gasteiger partial charge in [-0.05, 0) is 13.8 Å². The molecule has 13 heavy (non-hydrogen) atoms. The Morgan fingerprint density at radius 3 is 2.08 bits per heavy atom. The van der Waals surface area contributed by atoms with Gasteiger partial charge in [-0.15, -0.1) is 0 Å². The number of primary amides is 1. The van der Waals surface area contributed by atoms with Crippen LogP contribution in [0, 0.1) is 0 Å². The molecule has 3 unspecified atom stereocenters. The molecule has 0 aromatic rings. The minimum atomic E-state index is -1.08. The Kier molecular flexibility index (Phi) is 4.36. The molecule has 0 saturated carbocycles. The van der Waals surface area contributed by atoms with Crippen molar-refractivity contribution in [3.8, 4) is 0 Å². The van der Waals surface area contributed by atoms with E-state index in [4.69, 9.17) is 16.6 Å². The van der Waals surface area contributed by atoms with Crippen LogP contribution in [-0.2, 0) is 9.59 Å². The van der Waals surface area contributed by atoms with E-state index in [2.05, 4.69) is 5.32 Å². The molecule has 0 saturated heterocycles. The second-order valence-electron chi connectivity index (χ2n) is 2.92. The number of aliphatic hydroxyl groups is 1. The number of hydrogen-bond donors (Lipinski definition) is 4. The van der Waals surface area contributed by atoms with Gasteiger partial charge in [0, 0.05) is 0 Å². The number of carbonyl (C=O) groups is 2. The summed E-state index contributed by atoms with van der Waals surface area (Å²) in [5, 5.41) is 11.3. The normalized spacial score (nSPS) is 17.2. The maximum Gasteiger partial charge on any atom is 0.242 e. The molecule has 6 nitrogen and oxygen atoms in total. The summed E-state index contributed by atoms with van der Waals surface area (Å²) >= 11 is 0. The average molecular weight is 189 g/mol. The maximum atomic E-state index is 11.0. The van der Waals surface area contributed by atoms with Gasteiger partial charge in [0.2, 0.25) is 11.8 Å². The van der Waals surface area contributed by atoms with E-state index in [0.29, 0.717) is 0 Å². The first-order valence-electron chi connectivity index (χ1n) is 3.89. The van der Waals surface area contributed by atoms with Crippen LogP contribution in [0.25, 0.3) is 0 Å². The second-order valence-corrected chi connectivity index (χ2v) is 2.92. The predicted octanol–water partition coefficient (Wildman–Crippen LogP) is -2.32. The fraction of sp³-hybridized carbons (Fsp3) is 0.714. The van der Waals surface area contributed by atoms with Crippen LogP contribution in [0.5, 0.6) is 0 Å². The quantitative estimate of drug-likeness (QED) is 0.397. The lowest BCUT2D eigenvalue weighted by molar-refractivity contribution is -0.130. The molecule has 76 valence electrons. The van der Waals surface area contributed by atoms with E-state index in [9.17, 15) is 9.59 Å². The first kappa shape index (κ1) is 11.9. The number of nitrogens with two attached hydrogens (primary N) is 2. The summed E-state index contributed by atoms with van der Waals surface area (Å²) in [5.74, 6) is -1.31. The lowest BCUT2D eigenvalue weighted by Gasteiger charge is -2.18. The highest BCUT2D eigenvalue weighted by Gasteiger charge is 2.23. The lowest BCUT2D eigenvalue weighted by Crippen LogP contribution is -2.54. The molecule has 0 bridgehead atoms. The number of hydrogen-bond acceptors (Lipinski definition) is 4. The minimum absolute atomic E-state index is 0.523. The SMILES string of the molecule is CC(N)C(=O)NC(C(N)=O)C(C)O. The van der Waals surface area contributed by atoms with Gasteiger partial charge in [0.25, 0.3) is 0 Å². The van der Waals surface area contributed by atoms with Crippen molar-refractivity contribution >= 4 is 11.8 Å². The van der Waals surface area contributed by atoms with Crippen LogP contribution in [0.15, 0.2) is 0 Å². The zero-order chi connectivity index (χ0) is 10.6. The first-order chi connectivity index (χ1) is 5.86. The lowest BCUT2D eigenvalue weighted by atomic mass is 10.1. The van der Waals surface area contributed by atoms with Crippen molar-refractivity contribution in [2.75, 3.05) is 0 Å². The van der Waals surface area contributed by atoms with Gasteiger partial charge in [-0.3, -0.25) is 9.59 Å². The molecular weight excluding hydrogens is 174 g/mol. The number of nitrogens with one attached hydrogen (secondary N) is 1. The van der Waals surface area contributed by atoms with Crippen molar-refractivity contribution in [1.29, 1.82) is 0 Å². The van der Waals surface area contributed by atoms with E-state index in [1.165, 1.54) is 13.8 Å². The molecule has 0 rings (SSSR count). The molecule has 0 radical (unpaired) electrons. The van der Waals surface area contributed by atoms with Gasteiger partial charge in [0.1, 0.15) is 6.04 Å². The summed E-state index contributed by atoms with van der Waals surface area (Å²) in [5.41, 5.74) is 10.2. The topological polar surface area (TPSA) is 118 Å². The molecule has 0 heterocycles. The standard InChI is InChI=1S/C7H15N3O3/c1-3(8)7(13)10-5(4(2)11)6(9)12/h3-5,11H,8H2,1-2H3,(H2,9,12)(H,10,13). The van der Waals surface area contributed by atoms with Crippen LogP contribution in [-0.4, -0.2) is 35.1 Å². The molecular formula is C7H15N3O3. The highest BCUT2D eigenvalue weighted by molar-refractivity contribution is 5.89. The Labute approximate surface area is 76.3 Å². The van der Waals surface area contributed by atoms with Crippen LogP contribution in [0.4, 0.5) is 0 Å². The monoisotopic (exact) mass is 189 g/mol. The van der Waals surface area contributed by atoms with Crippen LogP contribution in [0.2, 0.25) is 0 Å². The predicted molar refractivity (Wildman–Crippen MR) is 46.5 cm³/mol. The van der Waals surface area contributed by atoms with Crippen molar-refractivity contribution in [1.82, 2.24) is 5.32 Å². The molecule has 0 aliphatic rings. The van der Waals surface area contributed by atoms with Gasteiger partial charge < -0.3 is 21.9 Å². The van der Waals surface area contributed by atoms with Crippen LogP contribution >= 0.6 is 0 Å². The van der Waals surface area contributed by atoms with Crippen LogP contribution in [0.3, 0.4) is 0 Å². The van der Waals surface area contributed by atoms with E-state index in [0.717, 1.165) is 0 Å². The third-order valence-corrected chi connectivity index (χ3v) is 1.50. The van der Waals surface area contributed by atoms with Gasteiger partial charge in [0.15, 0.2) is 0 Å². The van der Waals surface area contributed by atoms with E-state index in [1.54, 1.807) is 0 Å². The number of rotatable bonds is 4. The van der Waals surface area contributed by atoms with E-state index in [-0.39, 0.29) is 0 Å². The van der Waals surface area contributed by atoms with Crippen LogP contribution in [0.1, 0.15) is 13.8 Å². The molecule has 6 heteroatoms. The number of carbonyl (C=O) groups excluding carboxylic acids is 2. The molecule has 0 aliphatic carbocycles. The van der Waals surface area contributed by atoms with Crippen molar-refractivity contribution < 1.29 is 14.7 Å². The van der Waals surface area contributed by atoms with Crippen molar-refractivity contribution in [3.05, 3.63) is 0 Å². The van der Waals surface area contributed by atoms with Crippen molar-refractivity contribution in [2.45, 2.75) is 32.0 Å². The molecule has 0 aromatic heterocycles. The first-order valence-corrected chi connectivity index (χ1v) is 3.89. The molecule has 2 amide bonds.